The van der Waals surface area contributed by atoms with Gasteiger partial charge in [0, 0.05) is 18.7 Å². The zero-order valence-electron chi connectivity index (χ0n) is 18.0. The number of nitrogens with zero attached hydrogens (tertiary/aromatic N) is 2. The number of amides is 1. The number of hydrogen-bond donors (Lipinski definition) is 0. The highest BCUT2D eigenvalue weighted by Crippen LogP contribution is 2.25. The van der Waals surface area contributed by atoms with Gasteiger partial charge in [-0.05, 0) is 55.0 Å². The number of carbonyl (C=O) groups excluding carboxylic acids is 1. The van der Waals surface area contributed by atoms with Gasteiger partial charge in [0.15, 0.2) is 9.84 Å². The minimum atomic E-state index is -3.81. The molecule has 0 spiro atoms. The summed E-state index contributed by atoms with van der Waals surface area (Å²) in [6.07, 6.45) is 1.84. The van der Waals surface area contributed by atoms with Crippen molar-refractivity contribution in [1.82, 2.24) is 4.90 Å². The summed E-state index contributed by atoms with van der Waals surface area (Å²) in [7, 11) is -5.55. The van der Waals surface area contributed by atoms with Gasteiger partial charge in [0.2, 0.25) is 0 Å². The van der Waals surface area contributed by atoms with E-state index >= 15 is 0 Å². The minimum absolute atomic E-state index is 0.0304. The number of hydrogen-bond acceptors (Lipinski definition) is 6. The van der Waals surface area contributed by atoms with Crippen LogP contribution >= 0.6 is 0 Å². The molecule has 2 heterocycles. The molecule has 1 aliphatic rings. The molecule has 3 aromatic rings. The largest absolute Gasteiger partial charge is 0.467 e. The number of rotatable bonds is 7. The van der Waals surface area contributed by atoms with E-state index in [4.69, 9.17) is 4.42 Å². The maximum absolute atomic E-state index is 13.3. The Bertz CT molecular complexity index is 1320. The summed E-state index contributed by atoms with van der Waals surface area (Å²) in [4.78, 5) is 14.9. The lowest BCUT2D eigenvalue weighted by atomic mass is 10.1. The van der Waals surface area contributed by atoms with Crippen LogP contribution in [0.1, 0.15) is 22.5 Å². The second-order valence-electron chi connectivity index (χ2n) is 7.90. The zero-order valence-corrected chi connectivity index (χ0v) is 19.6. The Kier molecular flexibility index (Phi) is 6.31. The lowest BCUT2D eigenvalue weighted by molar-refractivity contribution is 0.0666. The predicted molar refractivity (Wildman–Crippen MR) is 124 cm³/mol. The number of sulfonamides is 1. The number of para-hydroxylation sites is 1. The summed E-state index contributed by atoms with van der Waals surface area (Å²) in [5.74, 6) is 0.0846. The van der Waals surface area contributed by atoms with E-state index in [1.807, 2.05) is 0 Å². The molecule has 1 aromatic heterocycles. The van der Waals surface area contributed by atoms with Crippen molar-refractivity contribution < 1.29 is 26.0 Å². The van der Waals surface area contributed by atoms with E-state index in [0.29, 0.717) is 17.9 Å². The first-order valence-corrected chi connectivity index (χ1v) is 13.6. The number of sulfone groups is 1. The van der Waals surface area contributed by atoms with Gasteiger partial charge >= 0.3 is 0 Å². The Labute approximate surface area is 193 Å². The molecule has 1 amide bonds. The topological polar surface area (TPSA) is 105 Å². The molecule has 10 heteroatoms. The summed E-state index contributed by atoms with van der Waals surface area (Å²) < 4.78 is 56.5. The maximum atomic E-state index is 13.3. The van der Waals surface area contributed by atoms with Crippen LogP contribution in [-0.4, -0.2) is 52.2 Å². The molecule has 2 aromatic carbocycles. The Hall–Kier alpha value is -3.11. The number of carbonyl (C=O) groups is 1. The van der Waals surface area contributed by atoms with E-state index in [0.717, 1.165) is 0 Å². The van der Waals surface area contributed by atoms with Crippen molar-refractivity contribution in [2.45, 2.75) is 23.9 Å². The van der Waals surface area contributed by atoms with Crippen molar-refractivity contribution in [3.05, 3.63) is 84.3 Å². The molecule has 0 radical (unpaired) electrons. The van der Waals surface area contributed by atoms with E-state index in [1.54, 1.807) is 42.5 Å². The standard InChI is InChI=1S/C23H24N2O6S2/c1-24(19-6-3-2-4-7-19)33(29,30)22-11-9-18(10-12-22)23(26)25(16-21-8-5-14-31-21)20-13-15-32(27,28)17-20/h2-12,14,20H,13,15-17H2,1H3/t20-/m0/s1. The Morgan fingerprint density at radius 1 is 1.03 bits per heavy atom. The number of benzene rings is 2. The Morgan fingerprint density at radius 3 is 2.30 bits per heavy atom. The molecule has 0 aliphatic carbocycles. The van der Waals surface area contributed by atoms with Crippen LogP contribution in [-0.2, 0) is 26.4 Å². The van der Waals surface area contributed by atoms with Crippen molar-refractivity contribution in [3.63, 3.8) is 0 Å². The highest BCUT2D eigenvalue weighted by Gasteiger charge is 2.35. The third kappa shape index (κ3) is 4.96. The molecule has 1 aliphatic heterocycles. The Morgan fingerprint density at radius 2 is 1.73 bits per heavy atom. The molecule has 1 atom stereocenters. The van der Waals surface area contributed by atoms with Gasteiger partial charge in [-0.1, -0.05) is 18.2 Å². The van der Waals surface area contributed by atoms with Crippen LogP contribution in [0.2, 0.25) is 0 Å². The molecule has 0 saturated carbocycles. The second-order valence-corrected chi connectivity index (χ2v) is 12.1. The molecule has 174 valence electrons. The first-order valence-electron chi connectivity index (χ1n) is 10.4. The van der Waals surface area contributed by atoms with Gasteiger partial charge in [0.05, 0.1) is 34.9 Å². The summed E-state index contributed by atoms with van der Waals surface area (Å²) in [6.45, 7) is 0.128. The van der Waals surface area contributed by atoms with E-state index in [9.17, 15) is 21.6 Å². The average molecular weight is 489 g/mol. The fraction of sp³-hybridized carbons (Fsp3) is 0.261. The quantitative estimate of drug-likeness (QED) is 0.506. The molecular weight excluding hydrogens is 464 g/mol. The number of anilines is 1. The van der Waals surface area contributed by atoms with Gasteiger partial charge in [0.1, 0.15) is 5.76 Å². The van der Waals surface area contributed by atoms with Crippen LogP contribution in [0.25, 0.3) is 0 Å². The van der Waals surface area contributed by atoms with Crippen LogP contribution in [0, 0.1) is 0 Å². The van der Waals surface area contributed by atoms with E-state index in [1.165, 1.54) is 46.8 Å². The molecule has 0 unspecified atom stereocenters. The van der Waals surface area contributed by atoms with E-state index in [-0.39, 0.29) is 34.4 Å². The Balaban J connectivity index is 1.59. The van der Waals surface area contributed by atoms with Gasteiger partial charge in [-0.3, -0.25) is 9.10 Å². The average Bonchev–Trinajstić information content (AvgIpc) is 3.46. The molecule has 1 saturated heterocycles. The van der Waals surface area contributed by atoms with Crippen molar-refractivity contribution >= 4 is 31.5 Å². The SMILES string of the molecule is CN(c1ccccc1)S(=O)(=O)c1ccc(C(=O)N(Cc2ccco2)[C@H]2CCS(=O)(=O)C2)cc1. The highest BCUT2D eigenvalue weighted by molar-refractivity contribution is 7.92. The van der Waals surface area contributed by atoms with Gasteiger partial charge in [-0.2, -0.15) is 0 Å². The van der Waals surface area contributed by atoms with Crippen LogP contribution in [0.4, 0.5) is 5.69 Å². The van der Waals surface area contributed by atoms with Crippen molar-refractivity contribution in [1.29, 1.82) is 0 Å². The first kappa shape index (κ1) is 23.1. The fourth-order valence-corrected chi connectivity index (χ4v) is 6.75. The van der Waals surface area contributed by atoms with Crippen LogP contribution in [0.5, 0.6) is 0 Å². The van der Waals surface area contributed by atoms with Gasteiger partial charge in [-0.15, -0.1) is 0 Å². The van der Waals surface area contributed by atoms with Gasteiger partial charge in [-0.25, -0.2) is 16.8 Å². The lowest BCUT2D eigenvalue weighted by Gasteiger charge is -2.27. The van der Waals surface area contributed by atoms with Crippen molar-refractivity contribution in [2.24, 2.45) is 0 Å². The molecule has 8 nitrogen and oxygen atoms in total. The van der Waals surface area contributed by atoms with Crippen molar-refractivity contribution in [2.75, 3.05) is 22.9 Å². The first-order chi connectivity index (χ1) is 15.7. The molecule has 4 rings (SSSR count). The van der Waals surface area contributed by atoms with Crippen LogP contribution in [0.3, 0.4) is 0 Å². The third-order valence-corrected chi connectivity index (χ3v) is 9.25. The maximum Gasteiger partial charge on any atom is 0.264 e. The van der Waals surface area contributed by atoms with Crippen LogP contribution < -0.4 is 4.31 Å². The summed E-state index contributed by atoms with van der Waals surface area (Å²) in [5, 5.41) is 0. The summed E-state index contributed by atoms with van der Waals surface area (Å²) >= 11 is 0. The number of furan rings is 1. The summed E-state index contributed by atoms with van der Waals surface area (Å²) in [6, 6.07) is 17.3. The molecule has 33 heavy (non-hydrogen) atoms. The molecule has 0 N–H and O–H groups in total. The van der Waals surface area contributed by atoms with Crippen LogP contribution in [0.15, 0.2) is 82.3 Å². The zero-order chi connectivity index (χ0) is 23.6. The fourth-order valence-electron chi connectivity index (χ4n) is 3.83. The molecular formula is C23H24N2O6S2. The smallest absolute Gasteiger partial charge is 0.264 e. The third-order valence-electron chi connectivity index (χ3n) is 5.70. The monoisotopic (exact) mass is 488 g/mol. The molecule has 1 fully saturated rings. The highest BCUT2D eigenvalue weighted by atomic mass is 32.2. The van der Waals surface area contributed by atoms with E-state index in [2.05, 4.69) is 0 Å². The minimum Gasteiger partial charge on any atom is -0.467 e. The van der Waals surface area contributed by atoms with Gasteiger partial charge in [0.25, 0.3) is 15.9 Å². The van der Waals surface area contributed by atoms with E-state index < -0.39 is 25.9 Å². The lowest BCUT2D eigenvalue weighted by Crippen LogP contribution is -2.40. The van der Waals surface area contributed by atoms with Crippen molar-refractivity contribution in [3.8, 4) is 0 Å². The predicted octanol–water partition coefficient (Wildman–Crippen LogP) is 2.93. The second kappa shape index (κ2) is 9.03. The van der Waals surface area contributed by atoms with Gasteiger partial charge < -0.3 is 9.32 Å². The normalized spacial score (nSPS) is 17.5. The molecule has 0 bridgehead atoms. The summed E-state index contributed by atoms with van der Waals surface area (Å²) in [5.41, 5.74) is 0.789.